The minimum atomic E-state index is 0.0630. The van der Waals surface area contributed by atoms with Gasteiger partial charge in [0.15, 0.2) is 0 Å². The lowest BCUT2D eigenvalue weighted by molar-refractivity contribution is 0.0699. The maximum absolute atomic E-state index is 12.4. The number of rotatable bonds is 2. The van der Waals surface area contributed by atoms with E-state index in [-0.39, 0.29) is 5.91 Å². The van der Waals surface area contributed by atoms with Crippen molar-refractivity contribution in [1.82, 2.24) is 4.90 Å². The first-order chi connectivity index (χ1) is 8.61. The number of alkyl halides is 1. The average molecular weight is 331 g/mol. The third-order valence-electron chi connectivity index (χ3n) is 3.47. The molecule has 4 heteroatoms. The summed E-state index contributed by atoms with van der Waals surface area (Å²) < 4.78 is 0. The zero-order valence-electron chi connectivity index (χ0n) is 10.5. The molecule has 1 saturated heterocycles. The van der Waals surface area contributed by atoms with Gasteiger partial charge in [0.25, 0.3) is 5.91 Å². The topological polar surface area (TPSA) is 20.3 Å². The number of likely N-dealkylation sites (tertiary alicyclic amines) is 1. The molecular formula is C14H17BrClNO. The molecule has 1 aromatic rings. The normalized spacial score (nSPS) is 16.9. The van der Waals surface area contributed by atoms with Crippen molar-refractivity contribution < 1.29 is 4.79 Å². The summed E-state index contributed by atoms with van der Waals surface area (Å²) >= 11 is 9.65. The van der Waals surface area contributed by atoms with Crippen LogP contribution in [0.25, 0.3) is 0 Å². The number of nitrogens with zero attached hydrogens (tertiary/aromatic N) is 1. The molecule has 2 nitrogen and oxygen atoms in total. The largest absolute Gasteiger partial charge is 0.339 e. The lowest BCUT2D eigenvalue weighted by Gasteiger charge is -2.31. The first kappa shape index (κ1) is 13.9. The Morgan fingerprint density at radius 3 is 2.67 bits per heavy atom. The van der Waals surface area contributed by atoms with Crippen LogP contribution in [0.3, 0.4) is 0 Å². The number of carbonyl (C=O) groups is 1. The number of hydrogen-bond donors (Lipinski definition) is 0. The fraction of sp³-hybridized carbons (Fsp3) is 0.500. The van der Waals surface area contributed by atoms with Crippen molar-refractivity contribution in [2.45, 2.75) is 19.8 Å². The van der Waals surface area contributed by atoms with Crippen LogP contribution in [0, 0.1) is 12.8 Å². The van der Waals surface area contributed by atoms with Crippen molar-refractivity contribution in [2.24, 2.45) is 5.92 Å². The molecule has 1 aliphatic rings. The highest BCUT2D eigenvalue weighted by Gasteiger charge is 2.24. The van der Waals surface area contributed by atoms with Gasteiger partial charge in [-0.3, -0.25) is 4.79 Å². The predicted molar refractivity (Wildman–Crippen MR) is 78.6 cm³/mol. The number of benzene rings is 1. The van der Waals surface area contributed by atoms with Crippen LogP contribution in [0.5, 0.6) is 0 Å². The molecule has 1 fully saturated rings. The summed E-state index contributed by atoms with van der Waals surface area (Å²) in [6, 6.07) is 5.61. The van der Waals surface area contributed by atoms with Gasteiger partial charge in [-0.25, -0.2) is 0 Å². The van der Waals surface area contributed by atoms with Crippen LogP contribution >= 0.6 is 27.5 Å². The molecule has 0 aliphatic carbocycles. The van der Waals surface area contributed by atoms with Gasteiger partial charge in [-0.05, 0) is 43.4 Å². The Balaban J connectivity index is 2.08. The van der Waals surface area contributed by atoms with Gasteiger partial charge in [0.1, 0.15) is 0 Å². The molecule has 0 unspecified atom stereocenters. The Kier molecular flexibility index (Phi) is 4.68. The van der Waals surface area contributed by atoms with Gasteiger partial charge in [-0.2, -0.15) is 0 Å². The molecule has 0 saturated carbocycles. The molecular weight excluding hydrogens is 314 g/mol. The first-order valence-electron chi connectivity index (χ1n) is 6.23. The van der Waals surface area contributed by atoms with E-state index < -0.39 is 0 Å². The van der Waals surface area contributed by atoms with E-state index in [1.165, 1.54) is 0 Å². The van der Waals surface area contributed by atoms with E-state index in [1.54, 1.807) is 0 Å². The van der Waals surface area contributed by atoms with Gasteiger partial charge < -0.3 is 4.90 Å². The van der Waals surface area contributed by atoms with Crippen molar-refractivity contribution in [3.05, 3.63) is 34.3 Å². The Morgan fingerprint density at radius 1 is 1.44 bits per heavy atom. The molecule has 18 heavy (non-hydrogen) atoms. The van der Waals surface area contributed by atoms with E-state index in [1.807, 2.05) is 30.0 Å². The zero-order valence-corrected chi connectivity index (χ0v) is 12.8. The number of aryl methyl sites for hydroxylation is 1. The average Bonchev–Trinajstić information content (AvgIpc) is 2.38. The van der Waals surface area contributed by atoms with Crippen LogP contribution in [0.4, 0.5) is 0 Å². The van der Waals surface area contributed by atoms with Crippen molar-refractivity contribution >= 4 is 33.4 Å². The Morgan fingerprint density at radius 2 is 2.11 bits per heavy atom. The molecule has 0 aromatic heterocycles. The number of halogens is 2. The number of carbonyl (C=O) groups excluding carboxylic acids is 1. The molecule has 1 amide bonds. The van der Waals surface area contributed by atoms with Crippen molar-refractivity contribution in [1.29, 1.82) is 0 Å². The minimum absolute atomic E-state index is 0.0630. The molecule has 98 valence electrons. The second-order valence-electron chi connectivity index (χ2n) is 4.87. The van der Waals surface area contributed by atoms with E-state index in [0.29, 0.717) is 16.5 Å². The number of piperidine rings is 1. The molecule has 0 N–H and O–H groups in total. The molecule has 0 atom stereocenters. The monoisotopic (exact) mass is 329 g/mol. The number of amides is 1. The Hall–Kier alpha value is -0.540. The van der Waals surface area contributed by atoms with Crippen molar-refractivity contribution in [3.63, 3.8) is 0 Å². The third kappa shape index (κ3) is 3.07. The predicted octanol–water partition coefficient (Wildman–Crippen LogP) is 3.90. The summed E-state index contributed by atoms with van der Waals surface area (Å²) in [4.78, 5) is 14.3. The van der Waals surface area contributed by atoms with Gasteiger partial charge in [0.2, 0.25) is 0 Å². The van der Waals surface area contributed by atoms with Crippen LogP contribution in [0.2, 0.25) is 5.02 Å². The molecule has 1 heterocycles. The van der Waals surface area contributed by atoms with E-state index in [4.69, 9.17) is 11.6 Å². The zero-order chi connectivity index (χ0) is 13.1. The fourth-order valence-electron chi connectivity index (χ4n) is 2.25. The Bertz CT molecular complexity index is 441. The molecule has 0 radical (unpaired) electrons. The summed E-state index contributed by atoms with van der Waals surface area (Å²) in [5, 5.41) is 1.59. The van der Waals surface area contributed by atoms with Gasteiger partial charge in [-0.1, -0.05) is 33.6 Å². The summed E-state index contributed by atoms with van der Waals surface area (Å²) in [5.41, 5.74) is 1.70. The lowest BCUT2D eigenvalue weighted by Crippen LogP contribution is -2.38. The number of hydrogen-bond acceptors (Lipinski definition) is 1. The second kappa shape index (κ2) is 6.07. The van der Waals surface area contributed by atoms with E-state index in [2.05, 4.69) is 15.9 Å². The van der Waals surface area contributed by atoms with Crippen molar-refractivity contribution in [3.8, 4) is 0 Å². The first-order valence-corrected chi connectivity index (χ1v) is 7.73. The van der Waals surface area contributed by atoms with Crippen LogP contribution in [0.15, 0.2) is 18.2 Å². The molecule has 0 bridgehead atoms. The molecule has 2 rings (SSSR count). The van der Waals surface area contributed by atoms with E-state index in [0.717, 1.165) is 36.8 Å². The fourth-order valence-corrected chi connectivity index (χ4v) is 3.22. The lowest BCUT2D eigenvalue weighted by atomic mass is 9.98. The second-order valence-corrected chi connectivity index (χ2v) is 5.93. The Labute approximate surface area is 121 Å². The SMILES string of the molecule is Cc1ccc(C(=O)N2CCC(CBr)CC2)c(Cl)c1. The van der Waals surface area contributed by atoms with Gasteiger partial charge >= 0.3 is 0 Å². The molecule has 1 aliphatic heterocycles. The van der Waals surface area contributed by atoms with Gasteiger partial charge in [-0.15, -0.1) is 0 Å². The summed E-state index contributed by atoms with van der Waals surface area (Å²) in [6.45, 7) is 3.64. The maximum atomic E-state index is 12.4. The third-order valence-corrected chi connectivity index (χ3v) is 4.70. The van der Waals surface area contributed by atoms with Crippen LogP contribution in [0.1, 0.15) is 28.8 Å². The minimum Gasteiger partial charge on any atom is -0.339 e. The van der Waals surface area contributed by atoms with Crippen LogP contribution in [-0.2, 0) is 0 Å². The maximum Gasteiger partial charge on any atom is 0.255 e. The summed E-state index contributed by atoms with van der Waals surface area (Å²) in [5.74, 6) is 0.760. The molecule has 1 aromatic carbocycles. The molecule has 0 spiro atoms. The van der Waals surface area contributed by atoms with Gasteiger partial charge in [0.05, 0.1) is 10.6 Å². The van der Waals surface area contributed by atoms with Crippen LogP contribution < -0.4 is 0 Å². The van der Waals surface area contributed by atoms with Gasteiger partial charge in [0, 0.05) is 18.4 Å². The quantitative estimate of drug-likeness (QED) is 0.753. The van der Waals surface area contributed by atoms with E-state index >= 15 is 0 Å². The standard InChI is InChI=1S/C14H17BrClNO/c1-10-2-3-12(13(16)8-10)14(18)17-6-4-11(9-15)5-7-17/h2-3,8,11H,4-7,9H2,1H3. The highest BCUT2D eigenvalue weighted by molar-refractivity contribution is 9.09. The van der Waals surface area contributed by atoms with Crippen molar-refractivity contribution in [2.75, 3.05) is 18.4 Å². The van der Waals surface area contributed by atoms with Crippen LogP contribution in [-0.4, -0.2) is 29.2 Å². The smallest absolute Gasteiger partial charge is 0.255 e. The van der Waals surface area contributed by atoms with E-state index in [9.17, 15) is 4.79 Å². The highest BCUT2D eigenvalue weighted by atomic mass is 79.9. The highest BCUT2D eigenvalue weighted by Crippen LogP contribution is 2.24. The summed E-state index contributed by atoms with van der Waals surface area (Å²) in [7, 11) is 0. The summed E-state index contributed by atoms with van der Waals surface area (Å²) in [6.07, 6.45) is 2.14.